The highest BCUT2D eigenvalue weighted by Crippen LogP contribution is 2.38. The molecule has 0 aliphatic carbocycles. The van der Waals surface area contributed by atoms with Crippen molar-refractivity contribution in [1.29, 1.82) is 0 Å². The van der Waals surface area contributed by atoms with E-state index in [0.29, 0.717) is 6.42 Å². The molecule has 1 aliphatic rings. The quantitative estimate of drug-likeness (QED) is 0.859. The van der Waals surface area contributed by atoms with E-state index >= 15 is 0 Å². The zero-order valence-electron chi connectivity index (χ0n) is 13.6. The predicted molar refractivity (Wildman–Crippen MR) is 85.9 cm³/mol. The maximum Gasteiger partial charge on any atom is 0.489 e. The Labute approximate surface area is 128 Å². The SMILES string of the molecule is C/C(=C\CC(O)c1ccccc1)B1OC(C)(C)C(C)(C)O1. The lowest BCUT2D eigenvalue weighted by molar-refractivity contribution is 0.00578. The van der Waals surface area contributed by atoms with Crippen LogP contribution in [-0.2, 0) is 9.31 Å². The fourth-order valence-electron chi connectivity index (χ4n) is 2.23. The van der Waals surface area contributed by atoms with E-state index in [1.165, 1.54) is 0 Å². The minimum Gasteiger partial charge on any atom is -0.400 e. The Morgan fingerprint density at radius 2 is 1.67 bits per heavy atom. The second-order valence-corrected chi connectivity index (χ2v) is 6.70. The molecule has 2 rings (SSSR count). The van der Waals surface area contributed by atoms with Gasteiger partial charge in [-0.2, -0.15) is 0 Å². The van der Waals surface area contributed by atoms with Gasteiger partial charge < -0.3 is 14.4 Å². The van der Waals surface area contributed by atoms with E-state index in [2.05, 4.69) is 0 Å². The zero-order valence-corrected chi connectivity index (χ0v) is 13.6. The summed E-state index contributed by atoms with van der Waals surface area (Å²) in [5.74, 6) is 0. The number of benzene rings is 1. The van der Waals surface area contributed by atoms with E-state index in [4.69, 9.17) is 9.31 Å². The van der Waals surface area contributed by atoms with Crippen molar-refractivity contribution in [2.45, 2.75) is 58.3 Å². The normalized spacial score (nSPS) is 22.4. The van der Waals surface area contributed by atoms with Crippen LogP contribution in [0.4, 0.5) is 0 Å². The van der Waals surface area contributed by atoms with Crippen LogP contribution in [0.1, 0.15) is 52.7 Å². The Hall–Kier alpha value is -1.10. The lowest BCUT2D eigenvalue weighted by Crippen LogP contribution is -2.41. The van der Waals surface area contributed by atoms with Gasteiger partial charge in [-0.3, -0.25) is 0 Å². The van der Waals surface area contributed by atoms with Gasteiger partial charge in [-0.15, -0.1) is 0 Å². The predicted octanol–water partition coefficient (Wildman–Crippen LogP) is 3.69. The van der Waals surface area contributed by atoms with Crippen molar-refractivity contribution in [2.75, 3.05) is 0 Å². The van der Waals surface area contributed by atoms with Crippen LogP contribution < -0.4 is 0 Å². The molecule has 0 amide bonds. The number of allylic oxidation sites excluding steroid dienone is 1. The highest BCUT2D eigenvalue weighted by Gasteiger charge is 2.51. The first kappa shape index (κ1) is 16.3. The molecule has 1 N–H and O–H groups in total. The van der Waals surface area contributed by atoms with Crippen molar-refractivity contribution in [2.24, 2.45) is 0 Å². The molecule has 1 aromatic carbocycles. The summed E-state index contributed by atoms with van der Waals surface area (Å²) in [5.41, 5.74) is 1.27. The molecule has 21 heavy (non-hydrogen) atoms. The largest absolute Gasteiger partial charge is 0.489 e. The van der Waals surface area contributed by atoms with Crippen LogP contribution in [-0.4, -0.2) is 23.4 Å². The molecule has 1 saturated heterocycles. The molecule has 0 radical (unpaired) electrons. The van der Waals surface area contributed by atoms with E-state index in [0.717, 1.165) is 11.0 Å². The number of rotatable bonds is 4. The first-order valence-corrected chi connectivity index (χ1v) is 7.48. The van der Waals surface area contributed by atoms with Gasteiger partial charge in [-0.1, -0.05) is 36.4 Å². The second kappa shape index (κ2) is 5.95. The first-order valence-electron chi connectivity index (χ1n) is 7.48. The molecule has 1 aromatic rings. The van der Waals surface area contributed by atoms with Crippen LogP contribution in [0.5, 0.6) is 0 Å². The number of aliphatic hydroxyl groups is 1. The molecule has 4 heteroatoms. The minimum absolute atomic E-state index is 0.329. The number of hydrogen-bond acceptors (Lipinski definition) is 3. The van der Waals surface area contributed by atoms with Gasteiger partial charge in [-0.05, 0) is 52.1 Å². The van der Waals surface area contributed by atoms with E-state index < -0.39 is 6.10 Å². The van der Waals surface area contributed by atoms with Crippen molar-refractivity contribution >= 4 is 7.12 Å². The van der Waals surface area contributed by atoms with Crippen molar-refractivity contribution in [1.82, 2.24) is 0 Å². The summed E-state index contributed by atoms with van der Waals surface area (Å²) in [5, 5.41) is 10.2. The molecule has 0 spiro atoms. The number of aliphatic hydroxyl groups excluding tert-OH is 1. The highest BCUT2D eigenvalue weighted by molar-refractivity contribution is 6.54. The van der Waals surface area contributed by atoms with Crippen LogP contribution in [0.25, 0.3) is 0 Å². The third-order valence-corrected chi connectivity index (χ3v) is 4.47. The average molecular weight is 288 g/mol. The molecule has 0 aromatic heterocycles. The summed E-state index contributed by atoms with van der Waals surface area (Å²) in [7, 11) is -0.335. The van der Waals surface area contributed by atoms with Crippen molar-refractivity contribution < 1.29 is 14.4 Å². The standard InChI is InChI=1S/C17H25BO3/c1-13(18-20-16(2,3)17(4,5)21-18)11-12-15(19)14-9-7-6-8-10-14/h6-11,15,19H,12H2,1-5H3/b13-11+. The van der Waals surface area contributed by atoms with Crippen molar-refractivity contribution in [3.8, 4) is 0 Å². The topological polar surface area (TPSA) is 38.7 Å². The fourth-order valence-corrected chi connectivity index (χ4v) is 2.23. The molecule has 1 aliphatic heterocycles. The average Bonchev–Trinajstić information content (AvgIpc) is 2.65. The van der Waals surface area contributed by atoms with Gasteiger partial charge >= 0.3 is 7.12 Å². The van der Waals surface area contributed by atoms with Crippen LogP contribution in [0.15, 0.2) is 41.9 Å². The Bertz CT molecular complexity index is 492. The Balaban J connectivity index is 2.00. The summed E-state index contributed by atoms with van der Waals surface area (Å²) >= 11 is 0. The smallest absolute Gasteiger partial charge is 0.400 e. The van der Waals surface area contributed by atoms with E-state index in [1.807, 2.05) is 71.0 Å². The molecule has 1 fully saturated rings. The lowest BCUT2D eigenvalue weighted by atomic mass is 9.78. The summed E-state index contributed by atoms with van der Waals surface area (Å²) in [6.45, 7) is 10.1. The maximum absolute atomic E-state index is 10.2. The zero-order chi connectivity index (χ0) is 15.7. The molecular formula is C17H25BO3. The number of hydrogen-bond donors (Lipinski definition) is 1. The molecule has 0 saturated carbocycles. The van der Waals surface area contributed by atoms with Crippen LogP contribution in [0, 0.1) is 0 Å². The second-order valence-electron chi connectivity index (χ2n) is 6.70. The third kappa shape index (κ3) is 3.57. The molecule has 0 bridgehead atoms. The van der Waals surface area contributed by atoms with Gasteiger partial charge in [-0.25, -0.2) is 0 Å². The maximum atomic E-state index is 10.2. The van der Waals surface area contributed by atoms with Gasteiger partial charge in [0.1, 0.15) is 0 Å². The first-order chi connectivity index (χ1) is 9.73. The molecule has 1 unspecified atom stereocenters. The van der Waals surface area contributed by atoms with Crippen LogP contribution >= 0.6 is 0 Å². The molecular weight excluding hydrogens is 263 g/mol. The van der Waals surface area contributed by atoms with E-state index in [-0.39, 0.29) is 18.3 Å². The van der Waals surface area contributed by atoms with Gasteiger partial charge in [0.05, 0.1) is 17.3 Å². The summed E-state index contributed by atoms with van der Waals surface area (Å²) in [6.07, 6.45) is 2.06. The molecule has 114 valence electrons. The van der Waals surface area contributed by atoms with Gasteiger partial charge in [0.2, 0.25) is 0 Å². The van der Waals surface area contributed by atoms with E-state index in [1.54, 1.807) is 0 Å². The van der Waals surface area contributed by atoms with Gasteiger partial charge in [0, 0.05) is 0 Å². The molecule has 1 heterocycles. The highest BCUT2D eigenvalue weighted by atomic mass is 16.7. The van der Waals surface area contributed by atoms with Crippen LogP contribution in [0.2, 0.25) is 0 Å². The van der Waals surface area contributed by atoms with Crippen molar-refractivity contribution in [3.05, 3.63) is 47.4 Å². The minimum atomic E-state index is -0.497. The van der Waals surface area contributed by atoms with Crippen LogP contribution in [0.3, 0.4) is 0 Å². The Morgan fingerprint density at radius 1 is 1.14 bits per heavy atom. The van der Waals surface area contributed by atoms with E-state index in [9.17, 15) is 5.11 Å². The fraction of sp³-hybridized carbons (Fsp3) is 0.529. The third-order valence-electron chi connectivity index (χ3n) is 4.47. The van der Waals surface area contributed by atoms with Gasteiger partial charge in [0.25, 0.3) is 0 Å². The summed E-state index contributed by atoms with van der Waals surface area (Å²) in [4.78, 5) is 0. The summed E-state index contributed by atoms with van der Waals surface area (Å²) < 4.78 is 12.0. The molecule has 1 atom stereocenters. The Kier molecular flexibility index (Phi) is 4.62. The Morgan fingerprint density at radius 3 is 2.19 bits per heavy atom. The lowest BCUT2D eigenvalue weighted by Gasteiger charge is -2.32. The van der Waals surface area contributed by atoms with Crippen molar-refractivity contribution in [3.63, 3.8) is 0 Å². The summed E-state index contributed by atoms with van der Waals surface area (Å²) in [6, 6.07) is 9.68. The van der Waals surface area contributed by atoms with Gasteiger partial charge in [0.15, 0.2) is 0 Å². The monoisotopic (exact) mass is 288 g/mol. The molecule has 3 nitrogen and oxygen atoms in total.